The first-order chi connectivity index (χ1) is 10.7. The molecule has 2 heterocycles. The van der Waals surface area contributed by atoms with Crippen LogP contribution in [-0.4, -0.2) is 57.8 Å². The minimum Gasteiger partial charge on any atom is -0.341 e. The summed E-state index contributed by atoms with van der Waals surface area (Å²) in [6.45, 7) is 2.14. The van der Waals surface area contributed by atoms with E-state index < -0.39 is 0 Å². The van der Waals surface area contributed by atoms with E-state index in [9.17, 15) is 9.59 Å². The van der Waals surface area contributed by atoms with Crippen molar-refractivity contribution in [1.82, 2.24) is 9.80 Å². The SMILES string of the molecule is O=C(CCl)N1CCC2(CC1)SCCN2C(=O)c1ccccc1. The summed E-state index contributed by atoms with van der Waals surface area (Å²) in [6.07, 6.45) is 1.64. The standard InChI is InChI=1S/C16H19ClN2O2S/c17-12-14(20)18-8-6-16(7-9-18)19(10-11-22-16)15(21)13-4-2-1-3-5-13/h1-5H,6-12H2. The molecule has 0 bridgehead atoms. The quantitative estimate of drug-likeness (QED) is 0.778. The lowest BCUT2D eigenvalue weighted by Crippen LogP contribution is -2.53. The normalized spacial score (nSPS) is 20.4. The Bertz CT molecular complexity index is 559. The Morgan fingerprint density at radius 1 is 1.14 bits per heavy atom. The molecule has 2 fully saturated rings. The van der Waals surface area contributed by atoms with Crippen molar-refractivity contribution in [3.05, 3.63) is 35.9 Å². The van der Waals surface area contributed by atoms with Gasteiger partial charge < -0.3 is 9.80 Å². The summed E-state index contributed by atoms with van der Waals surface area (Å²) in [7, 11) is 0. The first-order valence-corrected chi connectivity index (χ1v) is 9.03. The summed E-state index contributed by atoms with van der Waals surface area (Å²) in [5.74, 6) is 1.08. The number of thioether (sulfide) groups is 1. The smallest absolute Gasteiger partial charge is 0.254 e. The molecular formula is C16H19ClN2O2S. The lowest BCUT2D eigenvalue weighted by atomic mass is 10.0. The van der Waals surface area contributed by atoms with Crippen molar-refractivity contribution >= 4 is 35.2 Å². The molecule has 0 radical (unpaired) electrons. The fourth-order valence-corrected chi connectivity index (χ4v) is 4.86. The van der Waals surface area contributed by atoms with Crippen LogP contribution in [-0.2, 0) is 4.79 Å². The van der Waals surface area contributed by atoms with E-state index in [1.54, 1.807) is 0 Å². The number of rotatable bonds is 2. The predicted molar refractivity (Wildman–Crippen MR) is 89.2 cm³/mol. The van der Waals surface area contributed by atoms with Crippen LogP contribution in [0.2, 0.25) is 0 Å². The third-order valence-corrected chi connectivity index (χ3v) is 6.24. The van der Waals surface area contributed by atoms with Gasteiger partial charge in [0.1, 0.15) is 5.88 Å². The number of amides is 2. The first kappa shape index (κ1) is 15.7. The van der Waals surface area contributed by atoms with Gasteiger partial charge in [-0.1, -0.05) is 18.2 Å². The third kappa shape index (κ3) is 2.84. The molecule has 1 aromatic carbocycles. The van der Waals surface area contributed by atoms with Gasteiger partial charge in [-0.05, 0) is 25.0 Å². The van der Waals surface area contributed by atoms with Gasteiger partial charge in [0.2, 0.25) is 5.91 Å². The number of hydrogen-bond acceptors (Lipinski definition) is 3. The molecule has 6 heteroatoms. The van der Waals surface area contributed by atoms with Crippen LogP contribution in [0, 0.1) is 0 Å². The number of likely N-dealkylation sites (tertiary alicyclic amines) is 1. The summed E-state index contributed by atoms with van der Waals surface area (Å²) in [6, 6.07) is 9.44. The minimum atomic E-state index is -0.157. The van der Waals surface area contributed by atoms with Crippen molar-refractivity contribution in [2.45, 2.75) is 17.7 Å². The molecule has 1 aromatic rings. The Morgan fingerprint density at radius 3 is 2.45 bits per heavy atom. The van der Waals surface area contributed by atoms with Gasteiger partial charge in [-0.3, -0.25) is 9.59 Å². The fourth-order valence-electron chi connectivity index (χ4n) is 3.24. The zero-order chi connectivity index (χ0) is 15.6. The van der Waals surface area contributed by atoms with E-state index in [-0.39, 0.29) is 22.6 Å². The summed E-state index contributed by atoms with van der Waals surface area (Å²) < 4.78 is 0. The van der Waals surface area contributed by atoms with E-state index >= 15 is 0 Å². The molecule has 3 rings (SSSR count). The summed E-state index contributed by atoms with van der Waals surface area (Å²) in [4.78, 5) is 28.2. The molecular weight excluding hydrogens is 320 g/mol. The number of carbonyl (C=O) groups excluding carboxylic acids is 2. The second-order valence-electron chi connectivity index (χ2n) is 5.63. The average Bonchev–Trinajstić information content (AvgIpc) is 2.98. The topological polar surface area (TPSA) is 40.6 Å². The zero-order valence-electron chi connectivity index (χ0n) is 12.3. The Labute approximate surface area is 139 Å². The number of halogens is 1. The van der Waals surface area contributed by atoms with Crippen LogP contribution in [0.25, 0.3) is 0 Å². The Balaban J connectivity index is 1.74. The van der Waals surface area contributed by atoms with Crippen LogP contribution in [0.15, 0.2) is 30.3 Å². The van der Waals surface area contributed by atoms with E-state index in [4.69, 9.17) is 11.6 Å². The van der Waals surface area contributed by atoms with Crippen molar-refractivity contribution in [1.29, 1.82) is 0 Å². The summed E-state index contributed by atoms with van der Waals surface area (Å²) >= 11 is 7.49. The van der Waals surface area contributed by atoms with Crippen LogP contribution in [0.5, 0.6) is 0 Å². The third-order valence-electron chi connectivity index (χ3n) is 4.46. The van der Waals surface area contributed by atoms with Crippen molar-refractivity contribution in [2.75, 3.05) is 31.3 Å². The monoisotopic (exact) mass is 338 g/mol. The highest BCUT2D eigenvalue weighted by molar-refractivity contribution is 8.00. The highest BCUT2D eigenvalue weighted by atomic mass is 35.5. The second kappa shape index (κ2) is 6.50. The number of alkyl halides is 1. The Morgan fingerprint density at radius 2 is 1.82 bits per heavy atom. The lowest BCUT2D eigenvalue weighted by molar-refractivity contribution is -0.130. The molecule has 2 aliphatic heterocycles. The maximum atomic E-state index is 12.8. The molecule has 118 valence electrons. The molecule has 0 atom stereocenters. The van der Waals surface area contributed by atoms with Crippen molar-refractivity contribution in [3.8, 4) is 0 Å². The molecule has 22 heavy (non-hydrogen) atoms. The maximum absolute atomic E-state index is 12.8. The van der Waals surface area contributed by atoms with Gasteiger partial charge in [0.05, 0.1) is 4.87 Å². The molecule has 2 aliphatic rings. The number of nitrogens with zero attached hydrogens (tertiary/aromatic N) is 2. The number of benzene rings is 1. The molecule has 0 aromatic heterocycles. The van der Waals surface area contributed by atoms with Gasteiger partial charge in [0.15, 0.2) is 0 Å². The van der Waals surface area contributed by atoms with Gasteiger partial charge in [-0.25, -0.2) is 0 Å². The van der Waals surface area contributed by atoms with Gasteiger partial charge in [-0.15, -0.1) is 23.4 Å². The molecule has 2 amide bonds. The van der Waals surface area contributed by atoms with E-state index in [1.165, 1.54) is 0 Å². The van der Waals surface area contributed by atoms with Crippen LogP contribution >= 0.6 is 23.4 Å². The van der Waals surface area contributed by atoms with Gasteiger partial charge >= 0.3 is 0 Å². The molecule has 0 aliphatic carbocycles. The van der Waals surface area contributed by atoms with Gasteiger partial charge in [0.25, 0.3) is 5.91 Å². The predicted octanol–water partition coefficient (Wildman–Crippen LogP) is 2.43. The van der Waals surface area contributed by atoms with E-state index in [0.717, 1.165) is 30.7 Å². The number of carbonyl (C=O) groups is 2. The van der Waals surface area contributed by atoms with Crippen LogP contribution in [0.1, 0.15) is 23.2 Å². The van der Waals surface area contributed by atoms with Gasteiger partial charge in [-0.2, -0.15) is 0 Å². The zero-order valence-corrected chi connectivity index (χ0v) is 13.9. The summed E-state index contributed by atoms with van der Waals surface area (Å²) in [5, 5.41) is 0. The largest absolute Gasteiger partial charge is 0.341 e. The highest BCUT2D eigenvalue weighted by Gasteiger charge is 2.46. The van der Waals surface area contributed by atoms with Crippen LogP contribution in [0.4, 0.5) is 0 Å². The maximum Gasteiger partial charge on any atom is 0.254 e. The molecule has 0 saturated carbocycles. The molecule has 4 nitrogen and oxygen atoms in total. The molecule has 0 N–H and O–H groups in total. The van der Waals surface area contributed by atoms with Crippen molar-refractivity contribution in [2.24, 2.45) is 0 Å². The van der Waals surface area contributed by atoms with E-state index in [0.29, 0.717) is 13.1 Å². The van der Waals surface area contributed by atoms with Gasteiger partial charge in [0, 0.05) is 31.0 Å². The molecule has 0 unspecified atom stereocenters. The van der Waals surface area contributed by atoms with Crippen molar-refractivity contribution in [3.63, 3.8) is 0 Å². The van der Waals surface area contributed by atoms with Crippen molar-refractivity contribution < 1.29 is 9.59 Å². The first-order valence-electron chi connectivity index (χ1n) is 7.51. The Kier molecular flexibility index (Phi) is 4.64. The van der Waals surface area contributed by atoms with E-state index in [2.05, 4.69) is 0 Å². The number of hydrogen-bond donors (Lipinski definition) is 0. The van der Waals surface area contributed by atoms with Crippen LogP contribution in [0.3, 0.4) is 0 Å². The summed E-state index contributed by atoms with van der Waals surface area (Å²) in [5.41, 5.74) is 0.739. The molecule has 2 saturated heterocycles. The average molecular weight is 339 g/mol. The number of piperidine rings is 1. The van der Waals surface area contributed by atoms with Crippen LogP contribution < -0.4 is 0 Å². The Hall–Kier alpha value is -1.20. The minimum absolute atomic E-state index is 0.0135. The fraction of sp³-hybridized carbons (Fsp3) is 0.500. The lowest BCUT2D eigenvalue weighted by Gasteiger charge is -2.44. The second-order valence-corrected chi connectivity index (χ2v) is 7.36. The van der Waals surface area contributed by atoms with E-state index in [1.807, 2.05) is 51.9 Å². The highest BCUT2D eigenvalue weighted by Crippen LogP contribution is 2.44. The molecule has 1 spiro atoms.